The molecule has 2 heterocycles. The highest BCUT2D eigenvalue weighted by atomic mass is 19.1. The van der Waals surface area contributed by atoms with Gasteiger partial charge in [-0.2, -0.15) is 5.10 Å². The molecule has 25 heavy (non-hydrogen) atoms. The Morgan fingerprint density at radius 3 is 2.48 bits per heavy atom. The largest absolute Gasteiger partial charge is 0.369 e. The number of aromatic nitrogens is 2. The zero-order valence-electron chi connectivity index (χ0n) is 13.8. The first kappa shape index (κ1) is 15.5. The summed E-state index contributed by atoms with van der Waals surface area (Å²) in [5.74, 6) is -0.199. The van der Waals surface area contributed by atoms with Crippen LogP contribution in [0.2, 0.25) is 0 Å². The number of anilines is 1. The first-order valence-electron chi connectivity index (χ1n) is 7.89. The molecule has 1 amide bonds. The SMILES string of the molecule is Cc1c(N2C(=O)c3ccccc3C2O)nn(C)c1-c1ccc(F)cc1. The topological polar surface area (TPSA) is 58.4 Å². The van der Waals surface area contributed by atoms with Crippen molar-refractivity contribution in [1.29, 1.82) is 0 Å². The Morgan fingerprint density at radius 1 is 1.12 bits per heavy atom. The molecule has 0 saturated carbocycles. The van der Waals surface area contributed by atoms with Crippen molar-refractivity contribution in [2.75, 3.05) is 4.90 Å². The minimum absolute atomic E-state index is 0.282. The van der Waals surface area contributed by atoms with Crippen molar-refractivity contribution >= 4 is 11.7 Å². The lowest BCUT2D eigenvalue weighted by molar-refractivity contribution is 0.0933. The number of rotatable bonds is 2. The van der Waals surface area contributed by atoms with E-state index in [2.05, 4.69) is 5.10 Å². The first-order chi connectivity index (χ1) is 12.0. The molecule has 1 unspecified atom stereocenters. The number of carbonyl (C=O) groups excluding carboxylic acids is 1. The summed E-state index contributed by atoms with van der Waals surface area (Å²) in [7, 11) is 1.76. The van der Waals surface area contributed by atoms with Crippen LogP contribution in [0.1, 0.15) is 27.7 Å². The second kappa shape index (κ2) is 5.53. The number of nitrogens with zero attached hydrogens (tertiary/aromatic N) is 3. The van der Waals surface area contributed by atoms with E-state index >= 15 is 0 Å². The van der Waals surface area contributed by atoms with E-state index in [0.717, 1.165) is 16.8 Å². The van der Waals surface area contributed by atoms with Crippen LogP contribution in [0.3, 0.4) is 0 Å². The Bertz CT molecular complexity index is 979. The number of aliphatic hydroxyl groups excluding tert-OH is 1. The van der Waals surface area contributed by atoms with Crippen molar-refractivity contribution < 1.29 is 14.3 Å². The van der Waals surface area contributed by atoms with Gasteiger partial charge in [-0.15, -0.1) is 0 Å². The number of carbonyl (C=O) groups is 1. The highest BCUT2D eigenvalue weighted by Crippen LogP contribution is 2.39. The molecule has 5 nitrogen and oxygen atoms in total. The third-order valence-corrected chi connectivity index (χ3v) is 4.54. The van der Waals surface area contributed by atoms with Crippen molar-refractivity contribution in [3.8, 4) is 11.3 Å². The van der Waals surface area contributed by atoms with Gasteiger partial charge >= 0.3 is 0 Å². The summed E-state index contributed by atoms with van der Waals surface area (Å²) in [5.41, 5.74) is 3.35. The van der Waals surface area contributed by atoms with Crippen LogP contribution in [0.15, 0.2) is 48.5 Å². The Balaban J connectivity index is 1.82. The minimum Gasteiger partial charge on any atom is -0.369 e. The van der Waals surface area contributed by atoms with Crippen molar-refractivity contribution in [2.24, 2.45) is 7.05 Å². The van der Waals surface area contributed by atoms with Crippen LogP contribution in [-0.4, -0.2) is 20.8 Å². The average molecular weight is 337 g/mol. The lowest BCUT2D eigenvalue weighted by atomic mass is 10.1. The monoisotopic (exact) mass is 337 g/mol. The van der Waals surface area contributed by atoms with E-state index in [4.69, 9.17) is 0 Å². The molecule has 1 atom stereocenters. The van der Waals surface area contributed by atoms with Crippen molar-refractivity contribution in [3.05, 3.63) is 71.0 Å². The third-order valence-electron chi connectivity index (χ3n) is 4.54. The minimum atomic E-state index is -1.07. The van der Waals surface area contributed by atoms with E-state index in [-0.39, 0.29) is 11.7 Å². The van der Waals surface area contributed by atoms with Gasteiger partial charge in [-0.25, -0.2) is 4.39 Å². The summed E-state index contributed by atoms with van der Waals surface area (Å²) in [6, 6.07) is 13.1. The molecular weight excluding hydrogens is 321 g/mol. The standard InChI is InChI=1S/C19H16FN3O2/c1-11-16(12-7-9-13(20)10-8-12)22(2)21-17(11)23-18(24)14-5-3-4-6-15(14)19(23)25/h3-10,18,24H,1-2H3. The van der Waals surface area contributed by atoms with Crippen LogP contribution in [0, 0.1) is 12.7 Å². The number of halogens is 1. The van der Waals surface area contributed by atoms with Crippen LogP contribution < -0.4 is 4.90 Å². The molecule has 0 radical (unpaired) electrons. The van der Waals surface area contributed by atoms with Gasteiger partial charge in [-0.3, -0.25) is 14.4 Å². The van der Waals surface area contributed by atoms with Gasteiger partial charge in [0.1, 0.15) is 5.82 Å². The van der Waals surface area contributed by atoms with E-state index < -0.39 is 6.23 Å². The van der Waals surface area contributed by atoms with Crippen LogP contribution in [-0.2, 0) is 7.05 Å². The normalized spacial score (nSPS) is 16.4. The van der Waals surface area contributed by atoms with Crippen molar-refractivity contribution in [1.82, 2.24) is 9.78 Å². The highest BCUT2D eigenvalue weighted by molar-refractivity contribution is 6.10. The number of hydrogen-bond acceptors (Lipinski definition) is 3. The maximum atomic E-state index is 13.2. The Kier molecular flexibility index (Phi) is 3.43. The lowest BCUT2D eigenvalue weighted by Crippen LogP contribution is -2.28. The molecule has 1 aliphatic heterocycles. The van der Waals surface area contributed by atoms with E-state index in [1.807, 2.05) is 6.92 Å². The summed E-state index contributed by atoms with van der Waals surface area (Å²) < 4.78 is 14.8. The summed E-state index contributed by atoms with van der Waals surface area (Å²) in [4.78, 5) is 14.0. The molecule has 1 aromatic heterocycles. The van der Waals surface area contributed by atoms with Crippen LogP contribution in [0.5, 0.6) is 0 Å². The van der Waals surface area contributed by atoms with Gasteiger partial charge in [0.05, 0.1) is 5.69 Å². The predicted molar refractivity (Wildman–Crippen MR) is 91.6 cm³/mol. The number of amides is 1. The second-order valence-electron chi connectivity index (χ2n) is 6.06. The fourth-order valence-electron chi connectivity index (χ4n) is 3.36. The predicted octanol–water partition coefficient (Wildman–Crippen LogP) is 3.19. The zero-order chi connectivity index (χ0) is 17.7. The molecule has 126 valence electrons. The van der Waals surface area contributed by atoms with E-state index in [1.54, 1.807) is 48.1 Å². The van der Waals surface area contributed by atoms with Crippen LogP contribution >= 0.6 is 0 Å². The van der Waals surface area contributed by atoms with Crippen LogP contribution in [0.4, 0.5) is 10.2 Å². The van der Waals surface area contributed by atoms with Gasteiger partial charge in [0.2, 0.25) is 0 Å². The van der Waals surface area contributed by atoms with Crippen LogP contribution in [0.25, 0.3) is 11.3 Å². The molecule has 0 saturated heterocycles. The van der Waals surface area contributed by atoms with E-state index in [1.165, 1.54) is 17.0 Å². The van der Waals surface area contributed by atoms with Crippen molar-refractivity contribution in [2.45, 2.75) is 13.2 Å². The molecule has 4 rings (SSSR count). The van der Waals surface area contributed by atoms with Gasteiger partial charge < -0.3 is 5.11 Å². The van der Waals surface area contributed by atoms with Gasteiger partial charge in [0.25, 0.3) is 5.91 Å². The van der Waals surface area contributed by atoms with Gasteiger partial charge in [-0.1, -0.05) is 18.2 Å². The van der Waals surface area contributed by atoms with E-state index in [9.17, 15) is 14.3 Å². The Morgan fingerprint density at radius 2 is 1.80 bits per heavy atom. The molecule has 1 N–H and O–H groups in total. The van der Waals surface area contributed by atoms with Gasteiger partial charge in [0, 0.05) is 29.3 Å². The molecule has 0 aliphatic carbocycles. The molecule has 2 aromatic carbocycles. The maximum absolute atomic E-state index is 13.2. The Hall–Kier alpha value is -2.99. The molecule has 3 aromatic rings. The molecule has 6 heteroatoms. The van der Waals surface area contributed by atoms with Crippen molar-refractivity contribution in [3.63, 3.8) is 0 Å². The average Bonchev–Trinajstić information content (AvgIpc) is 3.03. The molecule has 0 spiro atoms. The summed E-state index contributed by atoms with van der Waals surface area (Å²) in [6.07, 6.45) is -1.07. The summed E-state index contributed by atoms with van der Waals surface area (Å²) in [5, 5.41) is 15.0. The first-order valence-corrected chi connectivity index (χ1v) is 7.89. The molecular formula is C19H16FN3O2. The number of hydrogen-bond donors (Lipinski definition) is 1. The third kappa shape index (κ3) is 2.26. The molecule has 0 fully saturated rings. The summed E-state index contributed by atoms with van der Waals surface area (Å²) >= 11 is 0. The smallest absolute Gasteiger partial charge is 0.262 e. The lowest BCUT2D eigenvalue weighted by Gasteiger charge is -2.19. The number of aryl methyl sites for hydroxylation is 1. The fraction of sp³-hybridized carbons (Fsp3) is 0.158. The van der Waals surface area contributed by atoms with Gasteiger partial charge in [-0.05, 0) is 37.3 Å². The highest BCUT2D eigenvalue weighted by Gasteiger charge is 2.39. The second-order valence-corrected chi connectivity index (χ2v) is 6.06. The fourth-order valence-corrected chi connectivity index (χ4v) is 3.36. The Labute approximate surface area is 143 Å². The zero-order valence-corrected chi connectivity index (χ0v) is 13.8. The maximum Gasteiger partial charge on any atom is 0.262 e. The van der Waals surface area contributed by atoms with Gasteiger partial charge in [0.15, 0.2) is 12.0 Å². The molecule has 1 aliphatic rings. The summed E-state index contributed by atoms with van der Waals surface area (Å²) in [6.45, 7) is 1.84. The quantitative estimate of drug-likeness (QED) is 0.781. The molecule has 0 bridgehead atoms. The number of benzene rings is 2. The number of aliphatic hydroxyl groups is 1. The number of fused-ring (bicyclic) bond motifs is 1. The van der Waals surface area contributed by atoms with E-state index in [0.29, 0.717) is 16.9 Å².